The van der Waals surface area contributed by atoms with Crippen molar-refractivity contribution in [3.05, 3.63) is 78.2 Å². The maximum atomic E-state index is 14.0. The van der Waals surface area contributed by atoms with Crippen LogP contribution < -0.4 is 35.3 Å². The zero-order valence-corrected chi connectivity index (χ0v) is 22.8. The van der Waals surface area contributed by atoms with E-state index in [0.717, 1.165) is 33.1 Å². The molecular weight excluding hydrogens is 520 g/mol. The maximum absolute atomic E-state index is 14.0. The summed E-state index contributed by atoms with van der Waals surface area (Å²) < 4.78 is 16.8. The van der Waals surface area contributed by atoms with Gasteiger partial charge in [-0.25, -0.2) is 4.79 Å². The lowest BCUT2D eigenvalue weighted by molar-refractivity contribution is -0.133. The van der Waals surface area contributed by atoms with Crippen molar-refractivity contribution in [3.8, 4) is 17.6 Å². The molecule has 0 bridgehead atoms. The first-order valence-electron chi connectivity index (χ1n) is 11.7. The van der Waals surface area contributed by atoms with Gasteiger partial charge in [-0.3, -0.25) is 14.2 Å². The maximum Gasteiger partial charge on any atom is 0.332 e. The van der Waals surface area contributed by atoms with Crippen molar-refractivity contribution >= 4 is 46.4 Å². The summed E-state index contributed by atoms with van der Waals surface area (Å²) in [6.07, 6.45) is 1.03. The van der Waals surface area contributed by atoms with E-state index in [4.69, 9.17) is 15.2 Å². The van der Waals surface area contributed by atoms with Crippen LogP contribution in [-0.2, 0) is 14.3 Å². The molecular formula is C28H26N4O6S. The third-order valence-corrected chi connectivity index (χ3v) is 7.59. The molecule has 1 unspecified atom stereocenters. The number of carbonyl (C=O) groups excluding carboxylic acids is 2. The first-order chi connectivity index (χ1) is 18.6. The number of aryl methyl sites for hydroxylation is 2. The van der Waals surface area contributed by atoms with E-state index >= 15 is 0 Å². The topological polar surface area (TPSA) is 146 Å². The van der Waals surface area contributed by atoms with Gasteiger partial charge in [0.2, 0.25) is 0 Å². The third-order valence-electron chi connectivity index (χ3n) is 6.48. The van der Waals surface area contributed by atoms with Crippen LogP contribution in [0.1, 0.15) is 22.6 Å². The number of aromatic nitrogens is 1. The van der Waals surface area contributed by atoms with Crippen LogP contribution in [0, 0.1) is 25.2 Å². The van der Waals surface area contributed by atoms with Crippen LogP contribution in [0.3, 0.4) is 0 Å². The average molecular weight is 547 g/mol. The summed E-state index contributed by atoms with van der Waals surface area (Å²) >= 11 is 0.901. The molecule has 1 aliphatic rings. The Morgan fingerprint density at radius 1 is 1.10 bits per heavy atom. The summed E-state index contributed by atoms with van der Waals surface area (Å²) in [6, 6.07) is 12.5. The predicted molar refractivity (Wildman–Crippen MR) is 148 cm³/mol. The van der Waals surface area contributed by atoms with Gasteiger partial charge in [-0.1, -0.05) is 12.1 Å². The quantitative estimate of drug-likeness (QED) is 0.445. The first kappa shape index (κ1) is 27.2. The lowest BCUT2D eigenvalue weighted by Crippen LogP contribution is -2.41. The molecule has 11 heteroatoms. The van der Waals surface area contributed by atoms with Gasteiger partial charge >= 0.3 is 5.97 Å². The van der Waals surface area contributed by atoms with Gasteiger partial charge in [0.1, 0.15) is 26.5 Å². The minimum Gasteiger partial charge on any atom is -0.497 e. The fourth-order valence-corrected chi connectivity index (χ4v) is 5.45. The number of esters is 1. The Balaban J connectivity index is 2.08. The van der Waals surface area contributed by atoms with Crippen LogP contribution in [0.5, 0.6) is 11.5 Å². The van der Waals surface area contributed by atoms with Crippen LogP contribution in [0.2, 0.25) is 0 Å². The van der Waals surface area contributed by atoms with Crippen molar-refractivity contribution in [2.75, 3.05) is 26.6 Å². The Bertz CT molecular complexity index is 1760. The summed E-state index contributed by atoms with van der Waals surface area (Å²) in [5, 5.41) is 13.1. The van der Waals surface area contributed by atoms with Gasteiger partial charge in [-0.2, -0.15) is 5.26 Å². The Morgan fingerprint density at radius 3 is 2.46 bits per heavy atom. The van der Waals surface area contributed by atoms with E-state index in [2.05, 4.69) is 16.1 Å². The second-order valence-electron chi connectivity index (χ2n) is 8.70. The highest BCUT2D eigenvalue weighted by Gasteiger charge is 2.37. The van der Waals surface area contributed by atoms with Crippen LogP contribution >= 0.6 is 11.3 Å². The smallest absolute Gasteiger partial charge is 0.332 e. The van der Waals surface area contributed by atoms with Gasteiger partial charge in [-0.05, 0) is 43.2 Å². The summed E-state index contributed by atoms with van der Waals surface area (Å²) in [5.41, 5.74) is 8.83. The number of amides is 1. The van der Waals surface area contributed by atoms with Gasteiger partial charge in [0.05, 0.1) is 44.5 Å². The van der Waals surface area contributed by atoms with E-state index in [9.17, 15) is 19.6 Å². The lowest BCUT2D eigenvalue weighted by Gasteiger charge is -2.26. The first-order valence-corrected chi connectivity index (χ1v) is 12.5. The zero-order valence-electron chi connectivity index (χ0n) is 21.9. The van der Waals surface area contributed by atoms with E-state index in [1.807, 2.05) is 26.0 Å². The van der Waals surface area contributed by atoms with Crippen molar-refractivity contribution in [3.63, 3.8) is 0 Å². The Kier molecular flexibility index (Phi) is 7.60. The minimum atomic E-state index is -0.994. The molecule has 1 aliphatic heterocycles. The molecule has 0 saturated heterocycles. The summed E-state index contributed by atoms with van der Waals surface area (Å²) in [5.74, 6) is -1.59. The number of benzene rings is 2. The van der Waals surface area contributed by atoms with Gasteiger partial charge in [0.25, 0.3) is 11.5 Å². The second kappa shape index (κ2) is 10.9. The Hall–Kier alpha value is -4.82. The number of rotatable bonds is 6. The molecule has 0 radical (unpaired) electrons. The van der Waals surface area contributed by atoms with Crippen LogP contribution in [0.4, 0.5) is 5.69 Å². The molecule has 3 aromatic rings. The molecule has 4 rings (SSSR count). The summed E-state index contributed by atoms with van der Waals surface area (Å²) in [4.78, 5) is 39.3. The normalized spacial score (nSPS) is 14.9. The van der Waals surface area contributed by atoms with Crippen molar-refractivity contribution in [1.29, 1.82) is 5.26 Å². The van der Waals surface area contributed by atoms with E-state index in [0.29, 0.717) is 22.7 Å². The van der Waals surface area contributed by atoms with Crippen molar-refractivity contribution < 1.29 is 23.8 Å². The van der Waals surface area contributed by atoms with Gasteiger partial charge in [0.15, 0.2) is 0 Å². The molecule has 2 heterocycles. The molecule has 1 amide bonds. The SMILES string of the molecule is COC(=O)/C=c1\sc2n(c1=O)C(N)=C(C#N)C(c1ccc(OC)cc1OC)C=2C(=O)Nc1ccc(C)c(C)c1. The number of thiazole rings is 1. The molecule has 0 spiro atoms. The fourth-order valence-electron chi connectivity index (χ4n) is 4.32. The number of hydrogen-bond donors (Lipinski definition) is 2. The number of nitrogens with zero attached hydrogens (tertiary/aromatic N) is 2. The highest BCUT2D eigenvalue weighted by atomic mass is 32.1. The van der Waals surface area contributed by atoms with E-state index < -0.39 is 23.4 Å². The number of nitrogens with two attached hydrogens (primary N) is 1. The Labute approximate surface area is 227 Å². The average Bonchev–Trinajstić information content (AvgIpc) is 3.25. The zero-order chi connectivity index (χ0) is 28.4. The Morgan fingerprint density at radius 2 is 1.85 bits per heavy atom. The molecule has 3 N–H and O–H groups in total. The summed E-state index contributed by atoms with van der Waals surface area (Å²) in [7, 11) is 4.15. The second-order valence-corrected chi connectivity index (χ2v) is 9.73. The van der Waals surface area contributed by atoms with Crippen molar-refractivity contribution in [1.82, 2.24) is 4.57 Å². The van der Waals surface area contributed by atoms with Crippen molar-refractivity contribution in [2.24, 2.45) is 5.73 Å². The van der Waals surface area contributed by atoms with E-state index in [1.54, 1.807) is 24.3 Å². The minimum absolute atomic E-state index is 0.00378. The highest BCUT2D eigenvalue weighted by Crippen LogP contribution is 2.42. The van der Waals surface area contributed by atoms with Gasteiger partial charge in [0, 0.05) is 23.4 Å². The standard InChI is InChI=1S/C28H26N4O6S/c1-14-6-7-16(10-15(14)2)31-26(34)24-23(18-9-8-17(36-3)11-20(18)37-4)19(13-29)25(30)32-27(35)21(39-28(24)32)12-22(33)38-5/h6-12,23H,30H2,1-5H3,(H,31,34)/b21-12-. The molecule has 39 heavy (non-hydrogen) atoms. The number of nitrogens with one attached hydrogen (secondary N) is 1. The molecule has 10 nitrogen and oxygen atoms in total. The van der Waals surface area contributed by atoms with E-state index in [-0.39, 0.29) is 26.2 Å². The predicted octanol–water partition coefficient (Wildman–Crippen LogP) is 1.74. The molecule has 2 aromatic carbocycles. The monoisotopic (exact) mass is 546 g/mol. The molecule has 0 saturated carbocycles. The number of fused-ring (bicyclic) bond motifs is 1. The van der Waals surface area contributed by atoms with Crippen LogP contribution in [-0.4, -0.2) is 37.8 Å². The van der Waals surface area contributed by atoms with Gasteiger partial charge in [-0.15, -0.1) is 11.3 Å². The molecule has 200 valence electrons. The number of allylic oxidation sites excluding steroid dienone is 1. The molecule has 0 fully saturated rings. The van der Waals surface area contributed by atoms with Gasteiger partial charge < -0.3 is 25.3 Å². The largest absolute Gasteiger partial charge is 0.497 e. The number of anilines is 1. The number of hydrogen-bond acceptors (Lipinski definition) is 9. The molecule has 0 aliphatic carbocycles. The third kappa shape index (κ3) is 4.89. The molecule has 1 aromatic heterocycles. The number of ether oxygens (including phenoxy) is 3. The number of methoxy groups -OCH3 is 3. The fraction of sp³-hybridized carbons (Fsp3) is 0.214. The van der Waals surface area contributed by atoms with Crippen LogP contribution in [0.15, 0.2) is 46.8 Å². The number of nitriles is 1. The molecule has 1 atom stereocenters. The van der Waals surface area contributed by atoms with Crippen LogP contribution in [0.25, 0.3) is 17.5 Å². The van der Waals surface area contributed by atoms with Crippen molar-refractivity contribution in [2.45, 2.75) is 19.8 Å². The highest BCUT2D eigenvalue weighted by molar-refractivity contribution is 7.07. The number of carbonyl (C=O) groups is 2. The van der Waals surface area contributed by atoms with E-state index in [1.165, 1.54) is 21.3 Å². The lowest BCUT2D eigenvalue weighted by atomic mass is 9.82. The summed E-state index contributed by atoms with van der Waals surface area (Å²) in [6.45, 7) is 3.88.